The van der Waals surface area contributed by atoms with Crippen LogP contribution in [0.3, 0.4) is 0 Å². The number of halogens is 1. The predicted molar refractivity (Wildman–Crippen MR) is 67.5 cm³/mol. The number of nitrogens with one attached hydrogen (secondary N) is 1. The molecule has 0 saturated heterocycles. The minimum Gasteiger partial charge on any atom is -0.497 e. The van der Waals surface area contributed by atoms with E-state index in [-0.39, 0.29) is 10.7 Å². The molecule has 6 heteroatoms. The van der Waals surface area contributed by atoms with Crippen molar-refractivity contribution in [2.75, 3.05) is 12.4 Å². The molecule has 1 aromatic rings. The van der Waals surface area contributed by atoms with Crippen LogP contribution in [0.15, 0.2) is 18.2 Å². The van der Waals surface area contributed by atoms with Crippen molar-refractivity contribution >= 4 is 28.8 Å². The molecule has 1 aromatic carbocycles. The van der Waals surface area contributed by atoms with Gasteiger partial charge in [-0.05, 0) is 19.1 Å². The molecule has 0 aromatic heterocycles. The second-order valence-corrected chi connectivity index (χ2v) is 3.93. The lowest BCUT2D eigenvalue weighted by Crippen LogP contribution is -2.31. The summed E-state index contributed by atoms with van der Waals surface area (Å²) in [5.74, 6) is -1.21. The van der Waals surface area contributed by atoms with E-state index < -0.39 is 17.6 Å². The zero-order valence-electron chi connectivity index (χ0n) is 9.49. The van der Waals surface area contributed by atoms with Gasteiger partial charge in [-0.15, -0.1) is 0 Å². The summed E-state index contributed by atoms with van der Waals surface area (Å²) in [7, 11) is 1.45. The molecule has 0 aliphatic heterocycles. The van der Waals surface area contributed by atoms with Crippen LogP contribution in [0.4, 0.5) is 10.1 Å². The largest absolute Gasteiger partial charge is 0.497 e. The third-order valence-electron chi connectivity index (χ3n) is 2.25. The van der Waals surface area contributed by atoms with Gasteiger partial charge in [0.25, 0.3) is 0 Å². The molecule has 1 rings (SSSR count). The number of ether oxygens (including phenoxy) is 1. The highest BCUT2D eigenvalue weighted by Crippen LogP contribution is 2.21. The lowest BCUT2D eigenvalue weighted by atomic mass is 10.1. The van der Waals surface area contributed by atoms with Crippen molar-refractivity contribution in [3.05, 3.63) is 24.0 Å². The number of methoxy groups -OCH3 is 1. The Morgan fingerprint density at radius 2 is 2.24 bits per heavy atom. The molecule has 3 N–H and O–H groups in total. The van der Waals surface area contributed by atoms with E-state index >= 15 is 0 Å². The Morgan fingerprint density at radius 1 is 1.59 bits per heavy atom. The molecule has 17 heavy (non-hydrogen) atoms. The van der Waals surface area contributed by atoms with Gasteiger partial charge in [-0.25, -0.2) is 4.39 Å². The minimum absolute atomic E-state index is 0.0393. The first-order valence-electron chi connectivity index (χ1n) is 4.89. The van der Waals surface area contributed by atoms with Gasteiger partial charge in [0.05, 0.1) is 23.7 Å². The number of amides is 1. The molecule has 1 amide bonds. The van der Waals surface area contributed by atoms with Crippen molar-refractivity contribution in [2.24, 2.45) is 11.7 Å². The average Bonchev–Trinajstić information content (AvgIpc) is 2.30. The molecule has 0 aliphatic carbocycles. The molecule has 1 unspecified atom stereocenters. The standard InChI is InChI=1S/C11H13FN2O2S/c1-6(10(13)17)11(15)14-9-5-7(16-2)3-4-8(9)12/h3-6H,1-2H3,(H2,13,17)(H,14,15). The summed E-state index contributed by atoms with van der Waals surface area (Å²) in [6.45, 7) is 1.55. The number of thiocarbonyl (C=S) groups is 1. The van der Waals surface area contributed by atoms with Crippen LogP contribution < -0.4 is 15.8 Å². The molecule has 0 aliphatic rings. The van der Waals surface area contributed by atoms with Crippen LogP contribution in [0.1, 0.15) is 6.92 Å². The maximum absolute atomic E-state index is 13.4. The second kappa shape index (κ2) is 5.58. The maximum atomic E-state index is 13.4. The summed E-state index contributed by atoms with van der Waals surface area (Å²) in [5, 5.41) is 2.40. The fourth-order valence-electron chi connectivity index (χ4n) is 1.10. The van der Waals surface area contributed by atoms with E-state index in [0.29, 0.717) is 5.75 Å². The first-order valence-corrected chi connectivity index (χ1v) is 5.30. The lowest BCUT2D eigenvalue weighted by Gasteiger charge is -2.12. The Morgan fingerprint density at radius 3 is 2.76 bits per heavy atom. The van der Waals surface area contributed by atoms with E-state index in [9.17, 15) is 9.18 Å². The summed E-state index contributed by atoms with van der Waals surface area (Å²) in [6.07, 6.45) is 0. The molecular formula is C11H13FN2O2S. The Kier molecular flexibility index (Phi) is 4.39. The predicted octanol–water partition coefficient (Wildman–Crippen LogP) is 1.69. The fraction of sp³-hybridized carbons (Fsp3) is 0.273. The van der Waals surface area contributed by atoms with Crippen LogP contribution >= 0.6 is 12.2 Å². The molecule has 0 saturated carbocycles. The van der Waals surface area contributed by atoms with Crippen molar-refractivity contribution in [3.8, 4) is 5.75 Å². The Balaban J connectivity index is 2.87. The minimum atomic E-state index is -0.657. The van der Waals surface area contributed by atoms with Gasteiger partial charge >= 0.3 is 0 Å². The SMILES string of the molecule is COc1ccc(F)c(NC(=O)C(C)C(N)=S)c1. The number of nitrogens with two attached hydrogens (primary N) is 1. The highest BCUT2D eigenvalue weighted by Gasteiger charge is 2.17. The van der Waals surface area contributed by atoms with Crippen LogP contribution in [0.25, 0.3) is 0 Å². The van der Waals surface area contributed by atoms with Crippen LogP contribution in [-0.4, -0.2) is 18.0 Å². The molecule has 1 atom stereocenters. The molecule has 0 fully saturated rings. The summed E-state index contributed by atoms with van der Waals surface area (Å²) in [6, 6.07) is 4.06. The molecule has 0 radical (unpaired) electrons. The molecule has 0 spiro atoms. The van der Waals surface area contributed by atoms with Gasteiger partial charge in [0, 0.05) is 6.07 Å². The van der Waals surface area contributed by atoms with Gasteiger partial charge in [0.15, 0.2) is 0 Å². The average molecular weight is 256 g/mol. The van der Waals surface area contributed by atoms with E-state index in [2.05, 4.69) is 5.32 Å². The van der Waals surface area contributed by atoms with E-state index in [1.165, 1.54) is 25.3 Å². The number of hydrogen-bond donors (Lipinski definition) is 2. The highest BCUT2D eigenvalue weighted by molar-refractivity contribution is 7.80. The third-order valence-corrected chi connectivity index (χ3v) is 2.61. The van der Waals surface area contributed by atoms with Gasteiger partial charge in [0.1, 0.15) is 11.6 Å². The first-order chi connectivity index (χ1) is 7.95. The summed E-state index contributed by atoms with van der Waals surface area (Å²) in [4.78, 5) is 11.7. The normalized spacial score (nSPS) is 11.7. The molecule has 0 bridgehead atoms. The first kappa shape index (κ1) is 13.4. The van der Waals surface area contributed by atoms with Gasteiger partial charge in [-0.2, -0.15) is 0 Å². The smallest absolute Gasteiger partial charge is 0.234 e. The van der Waals surface area contributed by atoms with Crippen LogP contribution in [-0.2, 0) is 4.79 Å². The lowest BCUT2D eigenvalue weighted by molar-refractivity contribution is -0.117. The van der Waals surface area contributed by atoms with Gasteiger partial charge in [0.2, 0.25) is 5.91 Å². The fourth-order valence-corrected chi connectivity index (χ4v) is 1.20. The second-order valence-electron chi connectivity index (χ2n) is 3.46. The molecule has 0 heterocycles. The highest BCUT2D eigenvalue weighted by atomic mass is 32.1. The van der Waals surface area contributed by atoms with Gasteiger partial charge < -0.3 is 15.8 Å². The number of carbonyl (C=O) groups excluding carboxylic acids is 1. The summed E-state index contributed by atoms with van der Waals surface area (Å²) in [5.41, 5.74) is 5.38. The van der Waals surface area contributed by atoms with Crippen LogP contribution in [0.5, 0.6) is 5.75 Å². The zero-order chi connectivity index (χ0) is 13.0. The van der Waals surface area contributed by atoms with Crippen LogP contribution in [0, 0.1) is 11.7 Å². The summed E-state index contributed by atoms with van der Waals surface area (Å²) < 4.78 is 18.3. The monoisotopic (exact) mass is 256 g/mol. The van der Waals surface area contributed by atoms with Crippen molar-refractivity contribution in [1.82, 2.24) is 0 Å². The van der Waals surface area contributed by atoms with Crippen molar-refractivity contribution < 1.29 is 13.9 Å². The number of benzene rings is 1. The van der Waals surface area contributed by atoms with E-state index in [1.807, 2.05) is 0 Å². The Bertz CT molecular complexity index is 451. The van der Waals surface area contributed by atoms with Crippen LogP contribution in [0.2, 0.25) is 0 Å². The van der Waals surface area contributed by atoms with Crippen molar-refractivity contribution in [3.63, 3.8) is 0 Å². The maximum Gasteiger partial charge on any atom is 0.234 e. The van der Waals surface area contributed by atoms with Gasteiger partial charge in [-0.3, -0.25) is 4.79 Å². The number of carbonyl (C=O) groups is 1. The Hall–Kier alpha value is -1.69. The topological polar surface area (TPSA) is 64.3 Å². The van der Waals surface area contributed by atoms with Crippen molar-refractivity contribution in [1.29, 1.82) is 0 Å². The van der Waals surface area contributed by atoms with Crippen molar-refractivity contribution in [2.45, 2.75) is 6.92 Å². The van der Waals surface area contributed by atoms with E-state index in [0.717, 1.165) is 0 Å². The Labute approximate surface area is 104 Å². The zero-order valence-corrected chi connectivity index (χ0v) is 10.3. The number of hydrogen-bond acceptors (Lipinski definition) is 3. The molecular weight excluding hydrogens is 243 g/mol. The molecule has 92 valence electrons. The number of rotatable bonds is 4. The number of anilines is 1. The molecule has 4 nitrogen and oxygen atoms in total. The van der Waals surface area contributed by atoms with Gasteiger partial charge in [-0.1, -0.05) is 12.2 Å². The summed E-state index contributed by atoms with van der Waals surface area (Å²) >= 11 is 4.69. The van der Waals surface area contributed by atoms with E-state index in [1.54, 1.807) is 6.92 Å². The van der Waals surface area contributed by atoms with E-state index in [4.69, 9.17) is 22.7 Å². The third kappa shape index (κ3) is 3.39. The quantitative estimate of drug-likeness (QED) is 0.805.